The molecule has 1 saturated heterocycles. The molecule has 3 rings (SSSR count). The van der Waals surface area contributed by atoms with Gasteiger partial charge in [0.25, 0.3) is 5.91 Å². The number of carbonyl (C=O) groups excluding carboxylic acids is 1. The minimum Gasteiger partial charge on any atom is -0.485 e. The maximum absolute atomic E-state index is 12.5. The zero-order valence-electron chi connectivity index (χ0n) is 14.0. The van der Waals surface area contributed by atoms with Crippen LogP contribution in [0.25, 0.3) is 0 Å². The van der Waals surface area contributed by atoms with Crippen molar-refractivity contribution in [3.63, 3.8) is 0 Å². The first-order chi connectivity index (χ1) is 11.8. The van der Waals surface area contributed by atoms with Crippen LogP contribution in [0, 0.1) is 6.92 Å². The average molecular weight is 365 g/mol. The topological polar surface area (TPSA) is 103 Å². The molecular formula is C16H19N3O5S. The summed E-state index contributed by atoms with van der Waals surface area (Å²) in [5, 5.41) is 3.73. The number of amides is 1. The molecule has 25 heavy (non-hydrogen) atoms. The molecule has 0 spiro atoms. The first kappa shape index (κ1) is 17.4. The van der Waals surface area contributed by atoms with Gasteiger partial charge in [-0.2, -0.15) is 4.98 Å². The molecule has 1 aromatic carbocycles. The summed E-state index contributed by atoms with van der Waals surface area (Å²) in [7, 11) is -1.39. The summed E-state index contributed by atoms with van der Waals surface area (Å²) in [5.74, 6) is 1.45. The van der Waals surface area contributed by atoms with Crippen molar-refractivity contribution >= 4 is 15.7 Å². The second kappa shape index (κ2) is 6.83. The van der Waals surface area contributed by atoms with E-state index in [0.29, 0.717) is 29.4 Å². The monoisotopic (exact) mass is 365 g/mol. The molecule has 0 radical (unpaired) electrons. The van der Waals surface area contributed by atoms with E-state index in [2.05, 4.69) is 10.1 Å². The van der Waals surface area contributed by atoms with Crippen molar-refractivity contribution in [1.82, 2.24) is 15.0 Å². The number of hydrogen-bond donors (Lipinski definition) is 0. The molecule has 1 fully saturated rings. The summed E-state index contributed by atoms with van der Waals surface area (Å²) >= 11 is 0. The van der Waals surface area contributed by atoms with Gasteiger partial charge >= 0.3 is 0 Å². The molecule has 1 atom stereocenters. The summed E-state index contributed by atoms with van der Waals surface area (Å²) in [6, 6.07) is 6.40. The molecule has 0 aliphatic carbocycles. The van der Waals surface area contributed by atoms with Crippen molar-refractivity contribution in [3.8, 4) is 5.75 Å². The third-order valence-corrected chi connectivity index (χ3v) is 5.87. The molecule has 1 amide bonds. The van der Waals surface area contributed by atoms with Crippen LogP contribution in [0.4, 0.5) is 0 Å². The molecule has 2 aromatic rings. The third-order valence-electron chi connectivity index (χ3n) is 4.12. The molecule has 9 heteroatoms. The smallest absolute Gasteiger partial charge is 0.253 e. The number of carbonyl (C=O) groups is 1. The third kappa shape index (κ3) is 4.16. The van der Waals surface area contributed by atoms with Gasteiger partial charge in [-0.1, -0.05) is 5.16 Å². The van der Waals surface area contributed by atoms with E-state index in [0.717, 1.165) is 0 Å². The van der Waals surface area contributed by atoms with Gasteiger partial charge in [-0.05, 0) is 30.7 Å². The molecule has 0 N–H and O–H groups in total. The van der Waals surface area contributed by atoms with E-state index >= 15 is 0 Å². The highest BCUT2D eigenvalue weighted by molar-refractivity contribution is 7.91. The van der Waals surface area contributed by atoms with E-state index in [1.54, 1.807) is 38.2 Å². The quantitative estimate of drug-likeness (QED) is 0.785. The minimum atomic E-state index is -3.03. The van der Waals surface area contributed by atoms with Crippen molar-refractivity contribution in [2.75, 3.05) is 18.6 Å². The summed E-state index contributed by atoms with van der Waals surface area (Å²) in [4.78, 5) is 18.0. The highest BCUT2D eigenvalue weighted by Gasteiger charge is 2.33. The molecule has 134 valence electrons. The van der Waals surface area contributed by atoms with Crippen LogP contribution in [0.1, 0.15) is 28.5 Å². The van der Waals surface area contributed by atoms with E-state index in [-0.39, 0.29) is 30.1 Å². The SMILES string of the molecule is Cc1nc(COc2ccc(C(=O)N(C)C3CCS(=O)(=O)C3)cc2)no1. The molecule has 8 nitrogen and oxygen atoms in total. The van der Waals surface area contributed by atoms with E-state index in [9.17, 15) is 13.2 Å². The fourth-order valence-corrected chi connectivity index (χ4v) is 4.47. The van der Waals surface area contributed by atoms with Crippen LogP contribution in [0.2, 0.25) is 0 Å². The number of hydrogen-bond acceptors (Lipinski definition) is 7. The Labute approximate surface area is 145 Å². The molecule has 2 heterocycles. The lowest BCUT2D eigenvalue weighted by molar-refractivity contribution is 0.0747. The molecular weight excluding hydrogens is 346 g/mol. The van der Waals surface area contributed by atoms with Crippen molar-refractivity contribution < 1.29 is 22.5 Å². The zero-order chi connectivity index (χ0) is 18.0. The van der Waals surface area contributed by atoms with Crippen molar-refractivity contribution in [2.24, 2.45) is 0 Å². The van der Waals surface area contributed by atoms with Gasteiger partial charge in [0, 0.05) is 25.6 Å². The Morgan fingerprint density at radius 2 is 2.08 bits per heavy atom. The molecule has 1 unspecified atom stereocenters. The van der Waals surface area contributed by atoms with Gasteiger partial charge in [0.15, 0.2) is 16.4 Å². The average Bonchev–Trinajstić information content (AvgIpc) is 3.17. The molecule has 1 aliphatic rings. The van der Waals surface area contributed by atoms with E-state index in [1.807, 2.05) is 0 Å². The van der Waals surface area contributed by atoms with Gasteiger partial charge in [-0.3, -0.25) is 4.79 Å². The number of sulfone groups is 1. The lowest BCUT2D eigenvalue weighted by atomic mass is 10.1. The Balaban J connectivity index is 1.60. The first-order valence-electron chi connectivity index (χ1n) is 7.84. The summed E-state index contributed by atoms with van der Waals surface area (Å²) in [6.07, 6.45) is 0.482. The van der Waals surface area contributed by atoms with E-state index in [1.165, 1.54) is 4.90 Å². The number of aryl methyl sites for hydroxylation is 1. The first-order valence-corrected chi connectivity index (χ1v) is 9.66. The fraction of sp³-hybridized carbons (Fsp3) is 0.438. The predicted octanol–water partition coefficient (Wildman–Crippen LogP) is 1.22. The highest BCUT2D eigenvalue weighted by Crippen LogP contribution is 2.20. The Morgan fingerprint density at radius 1 is 1.36 bits per heavy atom. The molecule has 1 aliphatic heterocycles. The summed E-state index contributed by atoms with van der Waals surface area (Å²) in [5.41, 5.74) is 0.481. The van der Waals surface area contributed by atoms with Crippen molar-refractivity contribution in [1.29, 1.82) is 0 Å². The molecule has 0 saturated carbocycles. The van der Waals surface area contributed by atoms with Gasteiger partial charge in [0.2, 0.25) is 11.7 Å². The van der Waals surface area contributed by atoms with Crippen LogP contribution in [0.3, 0.4) is 0 Å². The van der Waals surface area contributed by atoms with Gasteiger partial charge in [-0.15, -0.1) is 0 Å². The highest BCUT2D eigenvalue weighted by atomic mass is 32.2. The van der Waals surface area contributed by atoms with Crippen LogP contribution in [-0.2, 0) is 16.4 Å². The maximum Gasteiger partial charge on any atom is 0.253 e. The number of ether oxygens (including phenoxy) is 1. The van der Waals surface area contributed by atoms with Gasteiger partial charge in [0.05, 0.1) is 11.5 Å². The number of benzene rings is 1. The van der Waals surface area contributed by atoms with Gasteiger partial charge < -0.3 is 14.2 Å². The Morgan fingerprint density at radius 3 is 2.64 bits per heavy atom. The second-order valence-electron chi connectivity index (χ2n) is 6.02. The van der Waals surface area contributed by atoms with Crippen LogP contribution in [0.5, 0.6) is 5.75 Å². The van der Waals surface area contributed by atoms with Crippen LogP contribution < -0.4 is 4.74 Å². The van der Waals surface area contributed by atoms with Crippen LogP contribution in [0.15, 0.2) is 28.8 Å². The van der Waals surface area contributed by atoms with Crippen LogP contribution in [-0.4, -0.2) is 54.0 Å². The van der Waals surface area contributed by atoms with Gasteiger partial charge in [0.1, 0.15) is 5.75 Å². The minimum absolute atomic E-state index is 0.0283. The Bertz CT molecular complexity index is 860. The van der Waals surface area contributed by atoms with Crippen molar-refractivity contribution in [3.05, 3.63) is 41.5 Å². The summed E-state index contributed by atoms with van der Waals surface area (Å²) in [6.45, 7) is 1.87. The van der Waals surface area contributed by atoms with E-state index in [4.69, 9.17) is 9.26 Å². The van der Waals surface area contributed by atoms with Crippen LogP contribution >= 0.6 is 0 Å². The Hall–Kier alpha value is -2.42. The summed E-state index contributed by atoms with van der Waals surface area (Å²) < 4.78 is 33.5. The largest absolute Gasteiger partial charge is 0.485 e. The van der Waals surface area contributed by atoms with Crippen molar-refractivity contribution in [2.45, 2.75) is 26.0 Å². The number of nitrogens with zero attached hydrogens (tertiary/aromatic N) is 3. The number of aromatic nitrogens is 2. The molecule has 0 bridgehead atoms. The van der Waals surface area contributed by atoms with E-state index < -0.39 is 9.84 Å². The predicted molar refractivity (Wildman–Crippen MR) is 89.0 cm³/mol. The zero-order valence-corrected chi connectivity index (χ0v) is 14.8. The lowest BCUT2D eigenvalue weighted by Gasteiger charge is -2.23. The standard InChI is InChI=1S/C16H19N3O5S/c1-11-17-15(18-24-11)9-23-14-5-3-12(4-6-14)16(20)19(2)13-7-8-25(21,22)10-13/h3-6,13H,7-10H2,1-2H3. The van der Waals surface area contributed by atoms with Gasteiger partial charge in [-0.25, -0.2) is 8.42 Å². The Kier molecular flexibility index (Phi) is 4.76. The number of rotatable bonds is 5. The molecule has 1 aromatic heterocycles. The fourth-order valence-electron chi connectivity index (χ4n) is 2.69. The lowest BCUT2D eigenvalue weighted by Crippen LogP contribution is -2.37. The maximum atomic E-state index is 12.5. The normalized spacial score (nSPS) is 18.9. The second-order valence-corrected chi connectivity index (χ2v) is 8.24.